The largest absolute Gasteiger partial charge is 0.384 e. The summed E-state index contributed by atoms with van der Waals surface area (Å²) in [6, 6.07) is 16.0. The van der Waals surface area contributed by atoms with Crippen molar-refractivity contribution < 1.29 is 9.11 Å². The summed E-state index contributed by atoms with van der Waals surface area (Å²) < 4.78 is 21.3. The molecule has 3 aromatic rings. The van der Waals surface area contributed by atoms with Crippen molar-refractivity contribution in [2.45, 2.75) is 22.8 Å². The van der Waals surface area contributed by atoms with Crippen LogP contribution in [0.15, 0.2) is 58.3 Å². The molecule has 0 amide bonds. The number of fused-ring (bicyclic) bond motifs is 2. The molecule has 0 radical (unpaired) electrons. The molecule has 1 aliphatic heterocycles. The van der Waals surface area contributed by atoms with E-state index in [1.807, 2.05) is 24.3 Å². The first-order valence-corrected chi connectivity index (χ1v) is 13.0. The van der Waals surface area contributed by atoms with Gasteiger partial charge < -0.3 is 16.0 Å². The van der Waals surface area contributed by atoms with E-state index in [-0.39, 0.29) is 0 Å². The fourth-order valence-corrected chi connectivity index (χ4v) is 5.72. The molecule has 8 heteroatoms. The number of thioether (sulfide) groups is 1. The van der Waals surface area contributed by atoms with Crippen molar-refractivity contribution in [3.8, 4) is 0 Å². The van der Waals surface area contributed by atoms with E-state index in [0.29, 0.717) is 30.3 Å². The Morgan fingerprint density at radius 3 is 2.83 bits per heavy atom. The number of hydrogen-bond acceptors (Lipinski definition) is 7. The van der Waals surface area contributed by atoms with Crippen molar-refractivity contribution in [2.24, 2.45) is 5.73 Å². The van der Waals surface area contributed by atoms with Crippen LogP contribution in [0.25, 0.3) is 10.9 Å². The smallest absolute Gasteiger partial charge is 0.131 e. The summed E-state index contributed by atoms with van der Waals surface area (Å²) in [5.41, 5.74) is 8.57. The van der Waals surface area contributed by atoms with Crippen molar-refractivity contribution in [1.29, 1.82) is 0 Å². The van der Waals surface area contributed by atoms with Gasteiger partial charge in [-0.25, -0.2) is 4.98 Å². The van der Waals surface area contributed by atoms with Crippen molar-refractivity contribution in [3.63, 3.8) is 0 Å². The lowest BCUT2D eigenvalue weighted by molar-refractivity contribution is 0.488. The van der Waals surface area contributed by atoms with E-state index in [0.717, 1.165) is 40.9 Å². The van der Waals surface area contributed by atoms with Gasteiger partial charge in [-0.2, -0.15) is 10.6 Å². The number of aromatic nitrogens is 1. The second kappa shape index (κ2) is 9.03. The molecule has 0 atom stereocenters. The number of nitrogens with two attached hydrogens (primary N) is 1. The number of nitrogens with one attached hydrogen (secondary N) is 1. The van der Waals surface area contributed by atoms with Gasteiger partial charge in [-0.15, -0.1) is 11.8 Å². The number of hydrogen-bond donors (Lipinski definition) is 4. The molecule has 0 unspecified atom stereocenters. The molecular weight excluding hydrogens is 416 g/mol. The van der Waals surface area contributed by atoms with E-state index < -0.39 is 10.6 Å². The van der Waals surface area contributed by atoms with Gasteiger partial charge >= 0.3 is 0 Å². The Hall–Kier alpha value is -1.97. The van der Waals surface area contributed by atoms with Crippen LogP contribution in [0.3, 0.4) is 0 Å². The second-order valence-corrected chi connectivity index (χ2v) is 10.4. The van der Waals surface area contributed by atoms with Crippen LogP contribution in [0.2, 0.25) is 0 Å². The lowest BCUT2D eigenvalue weighted by atomic mass is 10.1. The third-order valence-electron chi connectivity index (χ3n) is 5.35. The molecule has 1 aromatic heterocycles. The third-order valence-corrected chi connectivity index (χ3v) is 7.93. The summed E-state index contributed by atoms with van der Waals surface area (Å²) in [6.45, 7) is 2.55. The monoisotopic (exact) mass is 444 g/mol. The van der Waals surface area contributed by atoms with Crippen LogP contribution in [0, 0.1) is 0 Å². The van der Waals surface area contributed by atoms with Crippen LogP contribution >= 0.6 is 22.4 Å². The summed E-state index contributed by atoms with van der Waals surface area (Å²) in [5, 5.41) is 4.61. The van der Waals surface area contributed by atoms with Crippen molar-refractivity contribution in [3.05, 3.63) is 54.1 Å². The van der Waals surface area contributed by atoms with Gasteiger partial charge in [0.1, 0.15) is 5.82 Å². The summed E-state index contributed by atoms with van der Waals surface area (Å²) in [5.74, 6) is 1.13. The van der Waals surface area contributed by atoms with E-state index in [1.165, 1.54) is 4.90 Å². The Morgan fingerprint density at radius 1 is 1.20 bits per heavy atom. The van der Waals surface area contributed by atoms with Gasteiger partial charge in [0.25, 0.3) is 0 Å². The van der Waals surface area contributed by atoms with Crippen LogP contribution in [-0.2, 0) is 6.54 Å². The van der Waals surface area contributed by atoms with Crippen molar-refractivity contribution in [1.82, 2.24) is 4.98 Å². The Morgan fingerprint density at radius 2 is 2.03 bits per heavy atom. The fraction of sp³-hybridized carbons (Fsp3) is 0.318. The van der Waals surface area contributed by atoms with Gasteiger partial charge in [0, 0.05) is 41.7 Å². The normalized spacial score (nSPS) is 16.7. The van der Waals surface area contributed by atoms with E-state index in [1.54, 1.807) is 11.8 Å². The average Bonchev–Trinajstić information content (AvgIpc) is 2.89. The van der Waals surface area contributed by atoms with Crippen LogP contribution < -0.4 is 16.0 Å². The van der Waals surface area contributed by atoms with Gasteiger partial charge in [-0.3, -0.25) is 9.11 Å². The average molecular weight is 445 g/mol. The molecule has 0 fully saturated rings. The lowest BCUT2D eigenvalue weighted by Crippen LogP contribution is -2.26. The highest BCUT2D eigenvalue weighted by Gasteiger charge is 2.26. The predicted molar refractivity (Wildman–Crippen MR) is 129 cm³/mol. The number of benzene rings is 2. The minimum atomic E-state index is -2.80. The molecule has 2 aromatic carbocycles. The van der Waals surface area contributed by atoms with Crippen LogP contribution in [-0.4, -0.2) is 45.7 Å². The minimum Gasteiger partial charge on any atom is -0.384 e. The Labute approximate surface area is 183 Å². The molecular formula is C22H28N4O2S2. The maximum atomic E-state index is 10.7. The minimum absolute atomic E-state index is 0.297. The SMILES string of the molecule is CSc1ccc2nc(N3CCS(O)(O)c4ccccc4C3)cc(NCCCN)c2c1. The molecule has 2 heterocycles. The molecule has 0 saturated carbocycles. The van der Waals surface area contributed by atoms with Crippen molar-refractivity contribution >= 4 is 44.8 Å². The first kappa shape index (κ1) is 21.3. The highest BCUT2D eigenvalue weighted by atomic mass is 32.3. The van der Waals surface area contributed by atoms with E-state index in [4.69, 9.17) is 10.7 Å². The van der Waals surface area contributed by atoms with Crippen LogP contribution in [0.4, 0.5) is 11.5 Å². The van der Waals surface area contributed by atoms with Gasteiger partial charge in [0.05, 0.1) is 16.2 Å². The number of anilines is 2. The van der Waals surface area contributed by atoms with E-state index >= 15 is 0 Å². The first-order valence-electron chi connectivity index (χ1n) is 10.0. The quantitative estimate of drug-likeness (QED) is 0.319. The number of nitrogens with zero attached hydrogens (tertiary/aromatic N) is 2. The van der Waals surface area contributed by atoms with E-state index in [2.05, 4.69) is 40.7 Å². The Bertz CT molecular complexity index is 1040. The highest BCUT2D eigenvalue weighted by Crippen LogP contribution is 2.51. The zero-order valence-corrected chi connectivity index (χ0v) is 18.7. The predicted octanol–water partition coefficient (Wildman–Crippen LogP) is 4.85. The van der Waals surface area contributed by atoms with Crippen molar-refractivity contribution in [2.75, 3.05) is 41.9 Å². The second-order valence-electron chi connectivity index (χ2n) is 7.38. The molecule has 160 valence electrons. The van der Waals surface area contributed by atoms with Gasteiger partial charge in [-0.1, -0.05) is 18.2 Å². The van der Waals surface area contributed by atoms with Gasteiger partial charge in [0.2, 0.25) is 0 Å². The zero-order chi connectivity index (χ0) is 21.1. The fourth-order valence-electron chi connectivity index (χ4n) is 3.73. The summed E-state index contributed by atoms with van der Waals surface area (Å²) >= 11 is 1.71. The first-order chi connectivity index (χ1) is 14.5. The third kappa shape index (κ3) is 4.38. The summed E-state index contributed by atoms with van der Waals surface area (Å²) in [7, 11) is -2.80. The molecule has 0 saturated heterocycles. The maximum Gasteiger partial charge on any atom is 0.131 e. The van der Waals surface area contributed by atoms with E-state index in [9.17, 15) is 9.11 Å². The Balaban J connectivity index is 1.75. The standard InChI is InChI=1S/C22H28N4O2S2/c1-29-17-7-8-19-18(13-17)20(24-10-4-9-23)14-22(25-19)26-11-12-30(27,28)21-6-3-2-5-16(21)15-26/h2-3,5-8,13-14,27-28H,4,9-12,15,23H2,1H3,(H,24,25). The maximum absolute atomic E-state index is 10.7. The highest BCUT2D eigenvalue weighted by molar-refractivity contribution is 8.24. The summed E-state index contributed by atoms with van der Waals surface area (Å²) in [4.78, 5) is 8.90. The van der Waals surface area contributed by atoms with Crippen LogP contribution in [0.5, 0.6) is 0 Å². The summed E-state index contributed by atoms with van der Waals surface area (Å²) in [6.07, 6.45) is 2.96. The molecule has 5 N–H and O–H groups in total. The van der Waals surface area contributed by atoms with Gasteiger partial charge in [-0.05, 0) is 49.1 Å². The number of rotatable bonds is 6. The molecule has 4 rings (SSSR count). The zero-order valence-electron chi connectivity index (χ0n) is 17.0. The molecule has 1 aliphatic rings. The number of pyridine rings is 1. The molecule has 0 bridgehead atoms. The molecule has 0 spiro atoms. The van der Waals surface area contributed by atoms with Gasteiger partial charge in [0.15, 0.2) is 0 Å². The molecule has 0 aliphatic carbocycles. The topological polar surface area (TPSA) is 94.6 Å². The van der Waals surface area contributed by atoms with Crippen LogP contribution in [0.1, 0.15) is 12.0 Å². The molecule has 6 nitrogen and oxygen atoms in total. The lowest BCUT2D eigenvalue weighted by Gasteiger charge is -2.32. The Kier molecular flexibility index (Phi) is 6.40. The molecule has 30 heavy (non-hydrogen) atoms.